The molecule has 0 spiro atoms. The predicted molar refractivity (Wildman–Crippen MR) is 54.6 cm³/mol. The van der Waals surface area contributed by atoms with Gasteiger partial charge in [0.2, 0.25) is 0 Å². The summed E-state index contributed by atoms with van der Waals surface area (Å²) >= 11 is 1.80. The van der Waals surface area contributed by atoms with E-state index in [1.165, 1.54) is 5.56 Å². The smallest absolute Gasteiger partial charge is 0.0965 e. The molecule has 0 aliphatic carbocycles. The van der Waals surface area contributed by atoms with Gasteiger partial charge in [0.1, 0.15) is 0 Å². The van der Waals surface area contributed by atoms with Gasteiger partial charge in [0.25, 0.3) is 0 Å². The molecule has 0 aliphatic heterocycles. The molecule has 0 fully saturated rings. The molecule has 0 bridgehead atoms. The minimum Gasteiger partial charge on any atom is -0.250 e. The second-order valence-corrected chi connectivity index (χ2v) is 5.74. The van der Waals surface area contributed by atoms with Gasteiger partial charge in [0, 0.05) is 10.9 Å². The van der Waals surface area contributed by atoms with Crippen molar-refractivity contribution < 1.29 is 0 Å². The minimum atomic E-state index is 0.252. The number of hydrogen-bond acceptors (Lipinski definition) is 2. The Balaban J connectivity index is 2.71. The highest BCUT2D eigenvalue weighted by molar-refractivity contribution is 8.00. The summed E-state index contributed by atoms with van der Waals surface area (Å²) in [7, 11) is 0. The van der Waals surface area contributed by atoms with Crippen molar-refractivity contribution >= 4 is 11.8 Å². The maximum absolute atomic E-state index is 4.33. The van der Waals surface area contributed by atoms with E-state index in [0.717, 1.165) is 5.03 Å². The minimum absolute atomic E-state index is 0.252. The maximum atomic E-state index is 4.33. The molecular weight excluding hydrogens is 166 g/mol. The van der Waals surface area contributed by atoms with Gasteiger partial charge < -0.3 is 0 Å². The van der Waals surface area contributed by atoms with E-state index in [2.05, 4.69) is 44.8 Å². The zero-order chi connectivity index (χ0) is 9.19. The second kappa shape index (κ2) is 3.48. The number of rotatable bonds is 1. The van der Waals surface area contributed by atoms with Crippen LogP contribution in [0.5, 0.6) is 0 Å². The lowest BCUT2D eigenvalue weighted by molar-refractivity contribution is 0.799. The van der Waals surface area contributed by atoms with E-state index in [1.54, 1.807) is 11.8 Å². The molecule has 1 rings (SSSR count). The lowest BCUT2D eigenvalue weighted by atomic mass is 10.3. The predicted octanol–water partition coefficient (Wildman–Crippen LogP) is 3.28. The van der Waals surface area contributed by atoms with Gasteiger partial charge in [-0.25, -0.2) is 4.98 Å². The van der Waals surface area contributed by atoms with Crippen LogP contribution in [0.1, 0.15) is 26.3 Å². The first kappa shape index (κ1) is 9.59. The van der Waals surface area contributed by atoms with Gasteiger partial charge >= 0.3 is 0 Å². The van der Waals surface area contributed by atoms with Crippen molar-refractivity contribution in [3.05, 3.63) is 23.9 Å². The van der Waals surface area contributed by atoms with E-state index in [1.807, 2.05) is 6.20 Å². The number of pyridine rings is 1. The maximum Gasteiger partial charge on any atom is 0.0965 e. The summed E-state index contributed by atoms with van der Waals surface area (Å²) in [4.78, 5) is 4.33. The summed E-state index contributed by atoms with van der Waals surface area (Å²) in [6, 6.07) is 4.17. The van der Waals surface area contributed by atoms with Crippen molar-refractivity contribution in [3.63, 3.8) is 0 Å². The molecule has 0 radical (unpaired) electrons. The molecule has 1 nitrogen and oxygen atoms in total. The molecule has 0 saturated heterocycles. The Morgan fingerprint density at radius 1 is 1.25 bits per heavy atom. The standard InChI is InChI=1S/C10H15NS/c1-8-5-6-9(11-7-8)12-10(2,3)4/h5-7H,1-4H3. The molecule has 1 aromatic rings. The second-order valence-electron chi connectivity index (χ2n) is 3.89. The van der Waals surface area contributed by atoms with Crippen molar-refractivity contribution in [2.24, 2.45) is 0 Å². The molecule has 0 amide bonds. The van der Waals surface area contributed by atoms with Crippen LogP contribution in [0.25, 0.3) is 0 Å². The van der Waals surface area contributed by atoms with Crippen LogP contribution in [0.3, 0.4) is 0 Å². The fourth-order valence-corrected chi connectivity index (χ4v) is 1.70. The zero-order valence-corrected chi connectivity index (χ0v) is 8.90. The van der Waals surface area contributed by atoms with Gasteiger partial charge in [-0.05, 0) is 18.6 Å². The Morgan fingerprint density at radius 2 is 1.92 bits per heavy atom. The summed E-state index contributed by atoms with van der Waals surface area (Å²) in [6.45, 7) is 8.64. The third-order valence-corrected chi connectivity index (χ3v) is 2.36. The quantitative estimate of drug-likeness (QED) is 0.617. The van der Waals surface area contributed by atoms with Gasteiger partial charge in [-0.3, -0.25) is 0 Å². The monoisotopic (exact) mass is 181 g/mol. The van der Waals surface area contributed by atoms with E-state index < -0.39 is 0 Å². The van der Waals surface area contributed by atoms with Crippen LogP contribution in [-0.4, -0.2) is 9.73 Å². The molecule has 0 N–H and O–H groups in total. The largest absolute Gasteiger partial charge is 0.250 e. The Hall–Kier alpha value is -0.500. The number of aryl methyl sites for hydroxylation is 1. The molecule has 12 heavy (non-hydrogen) atoms. The molecular formula is C10H15NS. The summed E-state index contributed by atoms with van der Waals surface area (Å²) in [5.41, 5.74) is 1.22. The van der Waals surface area contributed by atoms with Crippen LogP contribution >= 0.6 is 11.8 Å². The molecule has 1 heterocycles. The fraction of sp³-hybridized carbons (Fsp3) is 0.500. The highest BCUT2D eigenvalue weighted by Crippen LogP contribution is 2.29. The van der Waals surface area contributed by atoms with E-state index in [-0.39, 0.29) is 4.75 Å². The first-order valence-electron chi connectivity index (χ1n) is 4.09. The van der Waals surface area contributed by atoms with E-state index in [4.69, 9.17) is 0 Å². The molecule has 1 aromatic heterocycles. The molecule has 0 aromatic carbocycles. The van der Waals surface area contributed by atoms with E-state index >= 15 is 0 Å². The Labute approximate surface area is 78.6 Å². The van der Waals surface area contributed by atoms with E-state index in [9.17, 15) is 0 Å². The van der Waals surface area contributed by atoms with Crippen LogP contribution in [0.15, 0.2) is 23.4 Å². The summed E-state index contributed by atoms with van der Waals surface area (Å²) in [6.07, 6.45) is 1.91. The van der Waals surface area contributed by atoms with Gasteiger partial charge in [-0.1, -0.05) is 26.8 Å². The topological polar surface area (TPSA) is 12.9 Å². The lowest BCUT2D eigenvalue weighted by Gasteiger charge is -2.16. The SMILES string of the molecule is Cc1ccc(SC(C)(C)C)nc1. The highest BCUT2D eigenvalue weighted by atomic mass is 32.2. The molecule has 0 aliphatic rings. The van der Waals surface area contributed by atoms with Crippen molar-refractivity contribution in [2.75, 3.05) is 0 Å². The summed E-state index contributed by atoms with van der Waals surface area (Å²) < 4.78 is 0.252. The van der Waals surface area contributed by atoms with Crippen molar-refractivity contribution in [2.45, 2.75) is 37.5 Å². The average molecular weight is 181 g/mol. The van der Waals surface area contributed by atoms with Crippen LogP contribution in [0.2, 0.25) is 0 Å². The fourth-order valence-electron chi connectivity index (χ4n) is 0.828. The van der Waals surface area contributed by atoms with Crippen LogP contribution < -0.4 is 0 Å². The van der Waals surface area contributed by atoms with Crippen LogP contribution in [0, 0.1) is 6.92 Å². The molecule has 66 valence electrons. The average Bonchev–Trinajstić information content (AvgIpc) is 1.91. The Morgan fingerprint density at radius 3 is 2.33 bits per heavy atom. The first-order valence-corrected chi connectivity index (χ1v) is 4.91. The first-order chi connectivity index (χ1) is 5.47. The number of thioether (sulfide) groups is 1. The van der Waals surface area contributed by atoms with Crippen LogP contribution in [-0.2, 0) is 0 Å². The Kier molecular flexibility index (Phi) is 2.78. The zero-order valence-electron chi connectivity index (χ0n) is 8.09. The third-order valence-electron chi connectivity index (χ3n) is 1.29. The number of aromatic nitrogens is 1. The van der Waals surface area contributed by atoms with E-state index in [0.29, 0.717) is 0 Å². The van der Waals surface area contributed by atoms with Crippen LogP contribution in [0.4, 0.5) is 0 Å². The lowest BCUT2D eigenvalue weighted by Crippen LogP contribution is -2.07. The van der Waals surface area contributed by atoms with Gasteiger partial charge in [-0.15, -0.1) is 11.8 Å². The van der Waals surface area contributed by atoms with Gasteiger partial charge in [0.15, 0.2) is 0 Å². The highest BCUT2D eigenvalue weighted by Gasteiger charge is 2.12. The van der Waals surface area contributed by atoms with Crippen molar-refractivity contribution in [1.29, 1.82) is 0 Å². The van der Waals surface area contributed by atoms with Gasteiger partial charge in [-0.2, -0.15) is 0 Å². The van der Waals surface area contributed by atoms with Crippen molar-refractivity contribution in [1.82, 2.24) is 4.98 Å². The number of hydrogen-bond donors (Lipinski definition) is 0. The van der Waals surface area contributed by atoms with Crippen molar-refractivity contribution in [3.8, 4) is 0 Å². The van der Waals surface area contributed by atoms with Gasteiger partial charge in [0.05, 0.1) is 5.03 Å². The molecule has 0 saturated carbocycles. The Bertz CT molecular complexity index is 246. The normalized spacial score (nSPS) is 11.7. The third kappa shape index (κ3) is 3.26. The number of nitrogens with zero attached hydrogens (tertiary/aromatic N) is 1. The molecule has 0 atom stereocenters. The summed E-state index contributed by atoms with van der Waals surface area (Å²) in [5, 5.41) is 1.10. The molecule has 2 heteroatoms. The molecule has 0 unspecified atom stereocenters. The summed E-state index contributed by atoms with van der Waals surface area (Å²) in [5.74, 6) is 0.